The Morgan fingerprint density at radius 1 is 1.21 bits per heavy atom. The highest BCUT2D eigenvalue weighted by Crippen LogP contribution is 2.22. The molecule has 0 amide bonds. The molecule has 1 aromatic carbocycles. The molecule has 106 valence electrons. The number of thioether (sulfide) groups is 1. The van der Waals surface area contributed by atoms with E-state index in [1.807, 2.05) is 30.8 Å². The van der Waals surface area contributed by atoms with Crippen LogP contribution in [0.3, 0.4) is 0 Å². The van der Waals surface area contributed by atoms with Crippen molar-refractivity contribution in [3.05, 3.63) is 24.3 Å². The maximum atomic E-state index is 11.9. The first-order valence-electron chi connectivity index (χ1n) is 6.79. The van der Waals surface area contributed by atoms with E-state index >= 15 is 0 Å². The first kappa shape index (κ1) is 14.7. The van der Waals surface area contributed by atoms with E-state index in [1.54, 1.807) is 12.1 Å². The summed E-state index contributed by atoms with van der Waals surface area (Å²) in [6.45, 7) is 1.88. The number of benzene rings is 1. The fraction of sp³-hybridized carbons (Fsp3) is 0.571. The van der Waals surface area contributed by atoms with Crippen LogP contribution in [0.25, 0.3) is 0 Å². The average Bonchev–Trinajstić information content (AvgIpc) is 2.40. The summed E-state index contributed by atoms with van der Waals surface area (Å²) in [5.74, 6) is 2.64. The van der Waals surface area contributed by atoms with Crippen molar-refractivity contribution in [2.24, 2.45) is 0 Å². The normalized spacial score (nSPS) is 17.3. The summed E-state index contributed by atoms with van der Waals surface area (Å²) in [7, 11) is -3.09. The maximum absolute atomic E-state index is 11.9. The van der Waals surface area contributed by atoms with E-state index < -0.39 is 9.84 Å². The van der Waals surface area contributed by atoms with Gasteiger partial charge < -0.3 is 5.32 Å². The molecule has 0 bridgehead atoms. The SMILES string of the molecule is CCCS(=O)(=O)c1ccc(NC2CCSCC2)cc1. The van der Waals surface area contributed by atoms with E-state index in [0.29, 0.717) is 17.4 Å². The monoisotopic (exact) mass is 299 g/mol. The smallest absolute Gasteiger partial charge is 0.178 e. The molecular weight excluding hydrogens is 278 g/mol. The Morgan fingerprint density at radius 2 is 1.84 bits per heavy atom. The molecule has 19 heavy (non-hydrogen) atoms. The molecule has 5 heteroatoms. The van der Waals surface area contributed by atoms with Crippen molar-refractivity contribution in [2.75, 3.05) is 22.6 Å². The third-order valence-electron chi connectivity index (χ3n) is 3.28. The predicted octanol–water partition coefficient (Wildman–Crippen LogP) is 3.18. The zero-order chi connectivity index (χ0) is 13.7. The lowest BCUT2D eigenvalue weighted by molar-refractivity contribution is 0.594. The van der Waals surface area contributed by atoms with Gasteiger partial charge in [-0.1, -0.05) is 6.92 Å². The molecule has 0 spiro atoms. The number of hydrogen-bond donors (Lipinski definition) is 1. The van der Waals surface area contributed by atoms with Crippen molar-refractivity contribution in [1.82, 2.24) is 0 Å². The highest BCUT2D eigenvalue weighted by molar-refractivity contribution is 7.99. The zero-order valence-electron chi connectivity index (χ0n) is 11.3. The number of nitrogens with one attached hydrogen (secondary N) is 1. The molecule has 0 aromatic heterocycles. The van der Waals surface area contributed by atoms with Crippen LogP contribution in [0.1, 0.15) is 26.2 Å². The second kappa shape index (κ2) is 6.66. The Labute approximate surface area is 120 Å². The van der Waals surface area contributed by atoms with Crippen molar-refractivity contribution < 1.29 is 8.42 Å². The molecular formula is C14H21NO2S2. The van der Waals surface area contributed by atoms with Crippen LogP contribution in [0.2, 0.25) is 0 Å². The largest absolute Gasteiger partial charge is 0.382 e. The van der Waals surface area contributed by atoms with E-state index in [-0.39, 0.29) is 5.75 Å². The van der Waals surface area contributed by atoms with Gasteiger partial charge in [-0.15, -0.1) is 0 Å². The van der Waals surface area contributed by atoms with Gasteiger partial charge in [0.25, 0.3) is 0 Å². The Kier molecular flexibility index (Phi) is 5.16. The molecule has 0 atom stereocenters. The molecule has 1 aliphatic heterocycles. The van der Waals surface area contributed by atoms with Crippen molar-refractivity contribution in [2.45, 2.75) is 37.1 Å². The Balaban J connectivity index is 2.01. The van der Waals surface area contributed by atoms with Gasteiger partial charge in [-0.2, -0.15) is 11.8 Å². The highest BCUT2D eigenvalue weighted by Gasteiger charge is 2.15. The third-order valence-corrected chi connectivity index (χ3v) is 6.26. The van der Waals surface area contributed by atoms with E-state index in [4.69, 9.17) is 0 Å². The van der Waals surface area contributed by atoms with Crippen LogP contribution in [0.4, 0.5) is 5.69 Å². The number of rotatable bonds is 5. The fourth-order valence-corrected chi connectivity index (χ4v) is 4.65. The van der Waals surface area contributed by atoms with Gasteiger partial charge in [0.1, 0.15) is 0 Å². The lowest BCUT2D eigenvalue weighted by atomic mass is 10.1. The summed E-state index contributed by atoms with van der Waals surface area (Å²) in [6, 6.07) is 7.71. The topological polar surface area (TPSA) is 46.2 Å². The summed E-state index contributed by atoms with van der Waals surface area (Å²) < 4.78 is 23.8. The molecule has 1 saturated heterocycles. The molecule has 0 saturated carbocycles. The number of anilines is 1. The predicted molar refractivity (Wildman–Crippen MR) is 82.8 cm³/mol. The van der Waals surface area contributed by atoms with Crippen LogP contribution in [0.15, 0.2) is 29.2 Å². The number of sulfone groups is 1. The van der Waals surface area contributed by atoms with Crippen molar-refractivity contribution in [1.29, 1.82) is 0 Å². The second-order valence-corrected chi connectivity index (χ2v) is 8.21. The van der Waals surface area contributed by atoms with Crippen LogP contribution in [0.5, 0.6) is 0 Å². The molecule has 1 aliphatic rings. The lowest BCUT2D eigenvalue weighted by Gasteiger charge is -2.23. The summed E-state index contributed by atoms with van der Waals surface area (Å²) in [5, 5.41) is 3.48. The van der Waals surface area contributed by atoms with Crippen molar-refractivity contribution >= 4 is 27.3 Å². The number of hydrogen-bond acceptors (Lipinski definition) is 4. The molecule has 1 N–H and O–H groups in total. The Hall–Kier alpha value is -0.680. The minimum absolute atomic E-state index is 0.222. The minimum Gasteiger partial charge on any atom is -0.382 e. The average molecular weight is 299 g/mol. The molecule has 0 aliphatic carbocycles. The van der Waals surface area contributed by atoms with Gasteiger partial charge in [0.15, 0.2) is 9.84 Å². The third kappa shape index (κ3) is 4.14. The molecule has 1 heterocycles. The molecule has 1 fully saturated rings. The van der Waals surface area contributed by atoms with E-state index in [2.05, 4.69) is 5.32 Å². The van der Waals surface area contributed by atoms with Gasteiger partial charge >= 0.3 is 0 Å². The van der Waals surface area contributed by atoms with Crippen LogP contribution in [-0.2, 0) is 9.84 Å². The minimum atomic E-state index is -3.09. The Morgan fingerprint density at radius 3 is 2.42 bits per heavy atom. The van der Waals surface area contributed by atoms with E-state index in [1.165, 1.54) is 24.3 Å². The van der Waals surface area contributed by atoms with Crippen LogP contribution in [0, 0.1) is 0 Å². The first-order chi connectivity index (χ1) is 9.12. The van der Waals surface area contributed by atoms with Crippen molar-refractivity contribution in [3.63, 3.8) is 0 Å². The Bertz CT molecular complexity index is 491. The zero-order valence-corrected chi connectivity index (χ0v) is 12.9. The van der Waals surface area contributed by atoms with Gasteiger partial charge in [0.05, 0.1) is 10.6 Å². The summed E-state index contributed by atoms with van der Waals surface area (Å²) in [4.78, 5) is 0.430. The molecule has 0 unspecified atom stereocenters. The lowest BCUT2D eigenvalue weighted by Crippen LogP contribution is -2.24. The first-order valence-corrected chi connectivity index (χ1v) is 9.59. The molecule has 1 aromatic rings. The van der Waals surface area contributed by atoms with Crippen molar-refractivity contribution in [3.8, 4) is 0 Å². The van der Waals surface area contributed by atoms with Gasteiger partial charge in [-0.25, -0.2) is 8.42 Å². The van der Waals surface area contributed by atoms with E-state index in [0.717, 1.165) is 5.69 Å². The van der Waals surface area contributed by atoms with Gasteiger partial charge in [0, 0.05) is 11.7 Å². The van der Waals surface area contributed by atoms with Crippen LogP contribution >= 0.6 is 11.8 Å². The quantitative estimate of drug-likeness (QED) is 0.907. The maximum Gasteiger partial charge on any atom is 0.178 e. The highest BCUT2D eigenvalue weighted by atomic mass is 32.2. The molecule has 2 rings (SSSR count). The summed E-state index contributed by atoms with van der Waals surface area (Å²) in [5.41, 5.74) is 1.02. The fourth-order valence-electron chi connectivity index (χ4n) is 2.22. The van der Waals surface area contributed by atoms with Crippen LogP contribution < -0.4 is 5.32 Å². The molecule has 0 radical (unpaired) electrons. The van der Waals surface area contributed by atoms with Gasteiger partial charge in [-0.3, -0.25) is 0 Å². The van der Waals surface area contributed by atoms with Gasteiger partial charge in [-0.05, 0) is 55.0 Å². The van der Waals surface area contributed by atoms with Gasteiger partial charge in [0.2, 0.25) is 0 Å². The molecule has 3 nitrogen and oxygen atoms in total. The summed E-state index contributed by atoms with van der Waals surface area (Å²) in [6.07, 6.45) is 3.02. The standard InChI is InChI=1S/C14H21NO2S2/c1-2-11-19(16,17)14-5-3-12(4-6-14)15-13-7-9-18-10-8-13/h3-6,13,15H,2,7-11H2,1H3. The second-order valence-electron chi connectivity index (χ2n) is 4.87. The summed E-state index contributed by atoms with van der Waals surface area (Å²) >= 11 is 2.00. The van der Waals surface area contributed by atoms with E-state index in [9.17, 15) is 8.42 Å². The van der Waals surface area contributed by atoms with Crippen LogP contribution in [-0.4, -0.2) is 31.7 Å².